The van der Waals surface area contributed by atoms with Crippen LogP contribution >= 0.6 is 0 Å². The van der Waals surface area contributed by atoms with Gasteiger partial charge in [0.1, 0.15) is 17.0 Å². The molecule has 10 nitrogen and oxygen atoms in total. The molecular formula is C33H59N3O7. The van der Waals surface area contributed by atoms with Crippen molar-refractivity contribution in [3.05, 3.63) is 0 Å². The Kier molecular flexibility index (Phi) is 14.3. The average Bonchev–Trinajstić information content (AvgIpc) is 2.91. The van der Waals surface area contributed by atoms with E-state index in [-0.39, 0.29) is 29.9 Å². The monoisotopic (exact) mass is 609 g/mol. The molecule has 248 valence electrons. The third kappa shape index (κ3) is 12.6. The van der Waals surface area contributed by atoms with E-state index in [1.807, 2.05) is 60.3 Å². The summed E-state index contributed by atoms with van der Waals surface area (Å²) in [5.74, 6) is 1.02. The molecule has 3 aliphatic heterocycles. The quantitative estimate of drug-likeness (QED) is 0.270. The fourth-order valence-electron chi connectivity index (χ4n) is 6.17. The number of rotatable bonds is 6. The molecule has 3 fully saturated rings. The Balaban J connectivity index is 0.000000344. The number of amides is 2. The van der Waals surface area contributed by atoms with Crippen LogP contribution in [0.5, 0.6) is 0 Å². The van der Waals surface area contributed by atoms with Gasteiger partial charge >= 0.3 is 18.2 Å². The second-order valence-corrected chi connectivity index (χ2v) is 14.2. The van der Waals surface area contributed by atoms with E-state index < -0.39 is 11.2 Å². The molecule has 3 heterocycles. The van der Waals surface area contributed by atoms with Crippen LogP contribution in [0.15, 0.2) is 0 Å². The number of hydrogen-bond donors (Lipinski definition) is 0. The first-order valence-electron chi connectivity index (χ1n) is 16.4. The molecule has 2 amide bonds. The number of ether oxygens (including phenoxy) is 3. The number of ketones is 1. The molecule has 4 atom stereocenters. The first-order chi connectivity index (χ1) is 20.1. The predicted octanol–water partition coefficient (Wildman–Crippen LogP) is 5.91. The number of carbonyl (C=O) groups is 4. The summed E-state index contributed by atoms with van der Waals surface area (Å²) in [4.78, 5) is 53.6. The van der Waals surface area contributed by atoms with Crippen LogP contribution in [0, 0.1) is 17.8 Å². The van der Waals surface area contributed by atoms with Gasteiger partial charge in [-0.15, -0.1) is 0 Å². The summed E-state index contributed by atoms with van der Waals surface area (Å²) in [6.45, 7) is 22.3. The highest BCUT2D eigenvalue weighted by Crippen LogP contribution is 2.31. The first-order valence-corrected chi connectivity index (χ1v) is 16.4. The van der Waals surface area contributed by atoms with Crippen LogP contribution in [0.3, 0.4) is 0 Å². The van der Waals surface area contributed by atoms with Crippen molar-refractivity contribution >= 4 is 23.9 Å². The predicted molar refractivity (Wildman–Crippen MR) is 167 cm³/mol. The van der Waals surface area contributed by atoms with Crippen LogP contribution in [0.2, 0.25) is 0 Å². The van der Waals surface area contributed by atoms with Gasteiger partial charge in [-0.2, -0.15) is 0 Å². The topological polar surface area (TPSA) is 106 Å². The van der Waals surface area contributed by atoms with Gasteiger partial charge in [-0.25, -0.2) is 9.59 Å². The van der Waals surface area contributed by atoms with Crippen molar-refractivity contribution in [2.45, 2.75) is 125 Å². The summed E-state index contributed by atoms with van der Waals surface area (Å²) in [5.41, 5.74) is -0.927. The Labute approximate surface area is 260 Å². The smallest absolute Gasteiger partial charge is 0.410 e. The standard InChI is InChI=1S/C21H38N2O4.C12H21NO3/c1-6-17-15-23(20(25)27-21(3,4)5)12-10-18(17)22-11-8-9-16(14-22)13-19(24)26-7-2;1-5-9-8-13(7-6-10(9)14)11(15)16-12(2,3)4/h16-18H,6-15H2,1-5H3;9H,5-8H2,1-4H3/t16-,17?,18?;/m0./s1. The van der Waals surface area contributed by atoms with Crippen molar-refractivity contribution in [2.75, 3.05) is 45.9 Å². The number of nitrogens with zero attached hydrogens (tertiary/aromatic N) is 3. The molecule has 3 unspecified atom stereocenters. The summed E-state index contributed by atoms with van der Waals surface area (Å²) in [6, 6.07) is 0.485. The van der Waals surface area contributed by atoms with Crippen molar-refractivity contribution in [2.24, 2.45) is 17.8 Å². The molecule has 0 saturated carbocycles. The summed E-state index contributed by atoms with van der Waals surface area (Å²) in [5, 5.41) is 0. The number of Topliss-reactive ketones (excluding diaryl/α,β-unsaturated/α-hetero) is 1. The third-order valence-corrected chi connectivity index (χ3v) is 8.32. The lowest BCUT2D eigenvalue weighted by atomic mass is 9.85. The highest BCUT2D eigenvalue weighted by atomic mass is 16.6. The molecule has 0 radical (unpaired) electrons. The summed E-state index contributed by atoms with van der Waals surface area (Å²) in [6.07, 6.45) is 5.52. The Morgan fingerprint density at radius 3 is 1.93 bits per heavy atom. The average molecular weight is 610 g/mol. The molecule has 10 heteroatoms. The van der Waals surface area contributed by atoms with Crippen molar-refractivity contribution < 1.29 is 33.4 Å². The Bertz CT molecular complexity index is 926. The van der Waals surface area contributed by atoms with Gasteiger partial charge in [-0.05, 0) is 92.5 Å². The van der Waals surface area contributed by atoms with Crippen LogP contribution in [-0.2, 0) is 23.8 Å². The van der Waals surface area contributed by atoms with Gasteiger partial charge in [0.25, 0.3) is 0 Å². The minimum absolute atomic E-state index is 0.0127. The second kappa shape index (κ2) is 16.6. The molecule has 0 N–H and O–H groups in total. The van der Waals surface area contributed by atoms with Gasteiger partial charge in [0.05, 0.1) is 6.61 Å². The zero-order valence-corrected chi connectivity index (χ0v) is 28.4. The van der Waals surface area contributed by atoms with Gasteiger partial charge < -0.3 is 24.0 Å². The highest BCUT2D eigenvalue weighted by molar-refractivity contribution is 5.84. The van der Waals surface area contributed by atoms with Crippen LogP contribution in [0.1, 0.15) is 107 Å². The molecule has 3 rings (SSSR count). The van der Waals surface area contributed by atoms with Crippen LogP contribution in [0.25, 0.3) is 0 Å². The SMILES string of the molecule is CCC1CN(C(=O)OC(C)(C)C)CCC1=O.CCOC(=O)C[C@@H]1CCCN(C2CCN(C(=O)OC(C)(C)C)CC2CC)C1. The highest BCUT2D eigenvalue weighted by Gasteiger charge is 2.37. The van der Waals surface area contributed by atoms with E-state index in [1.165, 1.54) is 0 Å². The Hall–Kier alpha value is -2.36. The van der Waals surface area contributed by atoms with E-state index in [0.29, 0.717) is 50.4 Å². The number of esters is 1. The Morgan fingerprint density at radius 2 is 1.40 bits per heavy atom. The fraction of sp³-hybridized carbons (Fsp3) is 0.879. The van der Waals surface area contributed by atoms with E-state index in [4.69, 9.17) is 14.2 Å². The van der Waals surface area contributed by atoms with Gasteiger partial charge in [-0.3, -0.25) is 14.5 Å². The molecule has 43 heavy (non-hydrogen) atoms. The van der Waals surface area contributed by atoms with E-state index in [1.54, 1.807) is 4.90 Å². The van der Waals surface area contributed by atoms with Gasteiger partial charge in [0.2, 0.25) is 0 Å². The Morgan fingerprint density at radius 1 is 0.791 bits per heavy atom. The molecule has 0 aromatic heterocycles. The lowest BCUT2D eigenvalue weighted by molar-refractivity contribution is -0.144. The maximum atomic E-state index is 12.4. The second-order valence-electron chi connectivity index (χ2n) is 14.2. The van der Waals surface area contributed by atoms with Gasteiger partial charge in [-0.1, -0.05) is 20.3 Å². The van der Waals surface area contributed by atoms with Crippen molar-refractivity contribution in [3.63, 3.8) is 0 Å². The van der Waals surface area contributed by atoms with Crippen molar-refractivity contribution in [3.8, 4) is 0 Å². The lowest BCUT2D eigenvalue weighted by Crippen LogP contribution is -2.55. The number of carbonyl (C=O) groups excluding carboxylic acids is 4. The number of piperidine rings is 3. The van der Waals surface area contributed by atoms with Crippen molar-refractivity contribution in [1.82, 2.24) is 14.7 Å². The molecule has 3 saturated heterocycles. The first kappa shape index (κ1) is 36.8. The fourth-order valence-corrected chi connectivity index (χ4v) is 6.17. The molecule has 0 bridgehead atoms. The minimum Gasteiger partial charge on any atom is -0.466 e. The maximum absolute atomic E-state index is 12.4. The number of hydrogen-bond acceptors (Lipinski definition) is 8. The van der Waals surface area contributed by atoms with Crippen molar-refractivity contribution in [1.29, 1.82) is 0 Å². The van der Waals surface area contributed by atoms with E-state index in [2.05, 4.69) is 11.8 Å². The van der Waals surface area contributed by atoms with Crippen LogP contribution in [-0.4, -0.2) is 102 Å². The third-order valence-electron chi connectivity index (χ3n) is 8.32. The van der Waals surface area contributed by atoms with Crippen LogP contribution < -0.4 is 0 Å². The molecular weight excluding hydrogens is 550 g/mol. The molecule has 0 aromatic carbocycles. The maximum Gasteiger partial charge on any atom is 0.410 e. The van der Waals surface area contributed by atoms with E-state index >= 15 is 0 Å². The normalized spacial score (nSPS) is 25.4. The molecule has 0 spiro atoms. The van der Waals surface area contributed by atoms with E-state index in [9.17, 15) is 19.2 Å². The summed E-state index contributed by atoms with van der Waals surface area (Å²) in [7, 11) is 0. The molecule has 0 aromatic rings. The molecule has 0 aliphatic carbocycles. The number of likely N-dealkylation sites (tertiary alicyclic amines) is 3. The minimum atomic E-state index is -0.472. The summed E-state index contributed by atoms with van der Waals surface area (Å²) < 4.78 is 16.0. The zero-order valence-electron chi connectivity index (χ0n) is 28.4. The lowest BCUT2D eigenvalue weighted by Gasteiger charge is -2.46. The largest absolute Gasteiger partial charge is 0.466 e. The summed E-state index contributed by atoms with van der Waals surface area (Å²) >= 11 is 0. The molecule has 3 aliphatic rings. The van der Waals surface area contributed by atoms with Gasteiger partial charge in [0.15, 0.2) is 0 Å². The zero-order chi connectivity index (χ0) is 32.4. The van der Waals surface area contributed by atoms with Crippen LogP contribution in [0.4, 0.5) is 9.59 Å². The van der Waals surface area contributed by atoms with E-state index in [0.717, 1.165) is 58.3 Å². The van der Waals surface area contributed by atoms with Gasteiger partial charge in [0, 0.05) is 57.5 Å².